The Bertz CT molecular complexity index is 917. The van der Waals surface area contributed by atoms with Crippen LogP contribution in [0.15, 0.2) is 18.2 Å². The molecule has 1 aliphatic rings. The Kier molecular flexibility index (Phi) is 4.62. The van der Waals surface area contributed by atoms with Gasteiger partial charge in [-0.2, -0.15) is 4.52 Å². The van der Waals surface area contributed by atoms with Gasteiger partial charge in [-0.1, -0.05) is 41.5 Å². The Morgan fingerprint density at radius 1 is 1.32 bits per heavy atom. The van der Waals surface area contributed by atoms with Crippen LogP contribution < -0.4 is 4.90 Å². The molecule has 1 atom stereocenters. The molecule has 4 rings (SSSR count). The minimum atomic E-state index is -0.0363. The van der Waals surface area contributed by atoms with Crippen molar-refractivity contribution >= 4 is 39.5 Å². The van der Waals surface area contributed by atoms with Crippen molar-refractivity contribution in [2.24, 2.45) is 0 Å². The molecule has 0 bridgehead atoms. The quantitative estimate of drug-likeness (QED) is 0.710. The number of nitrogens with one attached hydrogen (secondary N) is 1. The largest absolute Gasteiger partial charge is 0.492 e. The maximum atomic E-state index is 10.8. The summed E-state index contributed by atoms with van der Waals surface area (Å²) in [5, 5.41) is 16.5. The van der Waals surface area contributed by atoms with E-state index in [0.717, 1.165) is 40.7 Å². The van der Waals surface area contributed by atoms with Gasteiger partial charge in [0.2, 0.25) is 10.8 Å². The van der Waals surface area contributed by atoms with Crippen LogP contribution in [-0.2, 0) is 6.42 Å². The summed E-state index contributed by atoms with van der Waals surface area (Å²) in [5.74, 6) is 0.908. The Hall–Kier alpha value is -1.34. The van der Waals surface area contributed by atoms with Crippen LogP contribution in [0, 0.1) is 0 Å². The molecule has 2 N–H and O–H groups in total. The third kappa shape index (κ3) is 3.01. The van der Waals surface area contributed by atoms with Crippen LogP contribution in [0.5, 0.6) is 5.88 Å². The van der Waals surface area contributed by atoms with Crippen molar-refractivity contribution in [3.63, 3.8) is 0 Å². The van der Waals surface area contributed by atoms with E-state index < -0.39 is 0 Å². The number of hydrogen-bond donors (Lipinski definition) is 2. The SMILES string of the molecule is CCc1nc2sc([C@H](c3ccc(Cl)cc3Cl)[NH+]3CCCC3)c(O)n2n1. The fourth-order valence-corrected chi connectivity index (χ4v) is 5.20. The van der Waals surface area contributed by atoms with Gasteiger partial charge >= 0.3 is 0 Å². The first-order valence-corrected chi connectivity index (χ1v) is 10.0. The molecule has 1 aliphatic heterocycles. The molecule has 1 fully saturated rings. The van der Waals surface area contributed by atoms with E-state index in [1.165, 1.54) is 29.1 Å². The Morgan fingerprint density at radius 2 is 2.08 bits per heavy atom. The second kappa shape index (κ2) is 6.76. The molecule has 0 radical (unpaired) electrons. The summed E-state index contributed by atoms with van der Waals surface area (Å²) in [5.41, 5.74) is 0.985. The molecule has 5 nitrogen and oxygen atoms in total. The van der Waals surface area contributed by atoms with E-state index in [-0.39, 0.29) is 11.9 Å². The van der Waals surface area contributed by atoms with Crippen molar-refractivity contribution in [3.05, 3.63) is 44.5 Å². The molecule has 0 spiro atoms. The van der Waals surface area contributed by atoms with Crippen LogP contribution >= 0.6 is 34.5 Å². The van der Waals surface area contributed by atoms with E-state index in [4.69, 9.17) is 23.2 Å². The lowest BCUT2D eigenvalue weighted by Gasteiger charge is -2.24. The van der Waals surface area contributed by atoms with Gasteiger partial charge in [-0.05, 0) is 18.2 Å². The first-order valence-electron chi connectivity index (χ1n) is 8.45. The summed E-state index contributed by atoms with van der Waals surface area (Å²) in [6, 6.07) is 5.55. The molecule has 0 aliphatic carbocycles. The van der Waals surface area contributed by atoms with Crippen LogP contribution in [0.25, 0.3) is 4.96 Å². The number of quaternary nitrogens is 1. The number of aromatic nitrogens is 3. The minimum absolute atomic E-state index is 0.0363. The number of likely N-dealkylation sites (tertiary alicyclic amines) is 1. The molecular weight excluding hydrogens is 379 g/mol. The molecule has 1 saturated heterocycles. The predicted octanol–water partition coefficient (Wildman–Crippen LogP) is 3.13. The van der Waals surface area contributed by atoms with Crippen molar-refractivity contribution in [2.75, 3.05) is 13.1 Å². The van der Waals surface area contributed by atoms with Crippen LogP contribution in [0.3, 0.4) is 0 Å². The highest BCUT2D eigenvalue weighted by molar-refractivity contribution is 7.17. The lowest BCUT2D eigenvalue weighted by molar-refractivity contribution is -0.913. The zero-order chi connectivity index (χ0) is 17.6. The molecule has 132 valence electrons. The van der Waals surface area contributed by atoms with Crippen molar-refractivity contribution < 1.29 is 10.0 Å². The number of aryl methyl sites for hydroxylation is 1. The molecule has 0 saturated carbocycles. The zero-order valence-electron chi connectivity index (χ0n) is 13.8. The number of benzene rings is 1. The highest BCUT2D eigenvalue weighted by atomic mass is 35.5. The van der Waals surface area contributed by atoms with E-state index in [2.05, 4.69) is 10.1 Å². The number of fused-ring (bicyclic) bond motifs is 1. The summed E-state index contributed by atoms with van der Waals surface area (Å²) in [6.45, 7) is 4.11. The van der Waals surface area contributed by atoms with Crippen LogP contribution in [0.4, 0.5) is 0 Å². The van der Waals surface area contributed by atoms with Crippen molar-refractivity contribution in [3.8, 4) is 5.88 Å². The number of rotatable bonds is 4. The van der Waals surface area contributed by atoms with E-state index in [9.17, 15) is 5.11 Å². The summed E-state index contributed by atoms with van der Waals surface area (Å²) in [6.07, 6.45) is 3.10. The molecule has 0 unspecified atom stereocenters. The van der Waals surface area contributed by atoms with Gasteiger partial charge in [0.1, 0.15) is 4.88 Å². The van der Waals surface area contributed by atoms with E-state index in [1.807, 2.05) is 19.1 Å². The third-order valence-corrected chi connectivity index (χ3v) is 6.40. The maximum absolute atomic E-state index is 10.8. The smallest absolute Gasteiger partial charge is 0.235 e. The Balaban J connectivity index is 1.85. The van der Waals surface area contributed by atoms with Crippen molar-refractivity contribution in [1.82, 2.24) is 14.6 Å². The highest BCUT2D eigenvalue weighted by Gasteiger charge is 2.35. The number of thiazole rings is 1. The van der Waals surface area contributed by atoms with Gasteiger partial charge in [0.25, 0.3) is 0 Å². The molecular formula is C17H19Cl2N4OS+. The normalized spacial score (nSPS) is 16.8. The second-order valence-electron chi connectivity index (χ2n) is 6.33. The fourth-order valence-electron chi connectivity index (χ4n) is 3.53. The monoisotopic (exact) mass is 397 g/mol. The summed E-state index contributed by atoms with van der Waals surface area (Å²) in [7, 11) is 0. The van der Waals surface area contributed by atoms with Crippen LogP contribution in [-0.4, -0.2) is 32.8 Å². The molecule has 8 heteroatoms. The van der Waals surface area contributed by atoms with E-state index in [1.54, 1.807) is 10.6 Å². The molecule has 0 amide bonds. The van der Waals surface area contributed by atoms with Gasteiger partial charge in [0.15, 0.2) is 11.9 Å². The highest BCUT2D eigenvalue weighted by Crippen LogP contribution is 2.38. The average molecular weight is 398 g/mol. The number of aromatic hydroxyl groups is 1. The van der Waals surface area contributed by atoms with Crippen LogP contribution in [0.2, 0.25) is 10.0 Å². The summed E-state index contributed by atoms with van der Waals surface area (Å²) < 4.78 is 1.55. The predicted molar refractivity (Wildman–Crippen MR) is 100 cm³/mol. The first-order chi connectivity index (χ1) is 12.1. The van der Waals surface area contributed by atoms with Gasteiger partial charge in [0.05, 0.1) is 18.1 Å². The van der Waals surface area contributed by atoms with Gasteiger partial charge in [-0.15, -0.1) is 5.10 Å². The lowest BCUT2D eigenvalue weighted by Crippen LogP contribution is -3.10. The second-order valence-corrected chi connectivity index (χ2v) is 8.18. The van der Waals surface area contributed by atoms with Gasteiger partial charge in [-0.3, -0.25) is 0 Å². The molecule has 25 heavy (non-hydrogen) atoms. The summed E-state index contributed by atoms with van der Waals surface area (Å²) in [4.78, 5) is 7.48. The molecule has 2 aromatic heterocycles. The van der Waals surface area contributed by atoms with Crippen molar-refractivity contribution in [2.45, 2.75) is 32.2 Å². The Morgan fingerprint density at radius 3 is 2.72 bits per heavy atom. The van der Waals surface area contributed by atoms with Crippen molar-refractivity contribution in [1.29, 1.82) is 0 Å². The lowest BCUT2D eigenvalue weighted by atomic mass is 10.0. The zero-order valence-corrected chi connectivity index (χ0v) is 16.1. The summed E-state index contributed by atoms with van der Waals surface area (Å²) >= 11 is 14.1. The van der Waals surface area contributed by atoms with Gasteiger partial charge in [-0.25, -0.2) is 4.98 Å². The van der Waals surface area contributed by atoms with Gasteiger partial charge in [0, 0.05) is 29.8 Å². The van der Waals surface area contributed by atoms with E-state index in [0.29, 0.717) is 10.0 Å². The molecule has 1 aromatic carbocycles. The van der Waals surface area contributed by atoms with Crippen LogP contribution in [0.1, 0.15) is 42.1 Å². The topological polar surface area (TPSA) is 54.9 Å². The number of nitrogens with zero attached hydrogens (tertiary/aromatic N) is 3. The Labute approximate surface area is 159 Å². The average Bonchev–Trinajstić information content (AvgIpc) is 3.29. The van der Waals surface area contributed by atoms with Gasteiger partial charge < -0.3 is 10.0 Å². The molecule has 3 aromatic rings. The fraction of sp³-hybridized carbons (Fsp3) is 0.412. The standard InChI is InChI=1S/C17H18Cl2N4OS/c1-2-13-20-17-23(21-13)16(24)15(25-17)14(22-7-3-4-8-22)11-6-5-10(18)9-12(11)19/h5-6,9,14,24H,2-4,7-8H2,1H3/p+1/t14-/m0/s1. The third-order valence-electron chi connectivity index (χ3n) is 4.75. The maximum Gasteiger partial charge on any atom is 0.235 e. The number of halogens is 2. The molecule has 3 heterocycles. The van der Waals surface area contributed by atoms with E-state index >= 15 is 0 Å². The number of hydrogen-bond acceptors (Lipinski definition) is 4. The first kappa shape index (κ1) is 17.1. The minimum Gasteiger partial charge on any atom is -0.492 e.